The molecule has 1 atom stereocenters. The third-order valence-corrected chi connectivity index (χ3v) is 3.63. The Bertz CT molecular complexity index is 636. The molecule has 0 radical (unpaired) electrons. The van der Waals surface area contributed by atoms with Gasteiger partial charge in [0.2, 0.25) is 5.91 Å². The van der Waals surface area contributed by atoms with Crippen molar-refractivity contribution in [3.8, 4) is 0 Å². The van der Waals surface area contributed by atoms with Crippen molar-refractivity contribution < 1.29 is 19.2 Å². The Morgan fingerprint density at radius 2 is 2.00 bits per heavy atom. The third-order valence-electron chi connectivity index (χ3n) is 3.63. The van der Waals surface area contributed by atoms with Crippen molar-refractivity contribution in [2.45, 2.75) is 25.3 Å². The van der Waals surface area contributed by atoms with Crippen LogP contribution in [0.1, 0.15) is 40.6 Å². The van der Waals surface area contributed by atoms with Gasteiger partial charge in [0, 0.05) is 6.42 Å². The molecule has 1 aromatic heterocycles. The summed E-state index contributed by atoms with van der Waals surface area (Å²) in [4.78, 5) is 48.7. The first-order valence-electron chi connectivity index (χ1n) is 6.00. The van der Waals surface area contributed by atoms with E-state index in [9.17, 15) is 19.2 Å². The Kier molecular flexibility index (Phi) is 2.43. The van der Waals surface area contributed by atoms with E-state index in [0.29, 0.717) is 0 Å². The highest BCUT2D eigenvalue weighted by molar-refractivity contribution is 6.23. The predicted molar refractivity (Wildman–Crippen MR) is 63.3 cm³/mol. The number of carbonyl (C=O) groups excluding carboxylic acids is 4. The zero-order chi connectivity index (χ0) is 14.5. The summed E-state index contributed by atoms with van der Waals surface area (Å²) in [5.74, 6) is -2.32. The molecule has 1 aromatic rings. The Balaban J connectivity index is 2.04. The zero-order valence-electron chi connectivity index (χ0n) is 10.5. The van der Waals surface area contributed by atoms with E-state index >= 15 is 0 Å². The maximum Gasteiger partial charge on any atom is 0.283 e. The number of aromatic nitrogens is 2. The minimum atomic E-state index is -1.39. The zero-order valence-corrected chi connectivity index (χ0v) is 10.5. The van der Waals surface area contributed by atoms with Gasteiger partial charge in [-0.25, -0.2) is 0 Å². The lowest BCUT2D eigenvalue weighted by Crippen LogP contribution is -2.62. The van der Waals surface area contributed by atoms with Crippen molar-refractivity contribution in [1.29, 1.82) is 0 Å². The van der Waals surface area contributed by atoms with Gasteiger partial charge in [0.15, 0.2) is 5.69 Å². The van der Waals surface area contributed by atoms with Crippen LogP contribution in [0.5, 0.6) is 0 Å². The molecule has 102 valence electrons. The van der Waals surface area contributed by atoms with E-state index in [1.165, 1.54) is 19.2 Å². The molecule has 1 saturated heterocycles. The van der Waals surface area contributed by atoms with Crippen LogP contribution < -0.4 is 5.32 Å². The summed E-state index contributed by atoms with van der Waals surface area (Å²) in [6.45, 7) is 1.46. The fourth-order valence-corrected chi connectivity index (χ4v) is 2.44. The normalized spacial score (nSPS) is 25.8. The number of carbonyl (C=O) groups is 4. The second kappa shape index (κ2) is 3.92. The van der Waals surface area contributed by atoms with Gasteiger partial charge in [0.25, 0.3) is 17.7 Å². The molecule has 3 rings (SSSR count). The second-order valence-electron chi connectivity index (χ2n) is 4.89. The smallest absolute Gasteiger partial charge is 0.283 e. The number of imide groups is 2. The molecule has 8 nitrogen and oxygen atoms in total. The van der Waals surface area contributed by atoms with Gasteiger partial charge in [-0.2, -0.15) is 5.10 Å². The summed E-state index contributed by atoms with van der Waals surface area (Å²) in [7, 11) is 0. The molecular weight excluding hydrogens is 264 g/mol. The Labute approximate surface area is 113 Å². The molecule has 0 saturated carbocycles. The van der Waals surface area contributed by atoms with Crippen LogP contribution in [0.3, 0.4) is 0 Å². The fourth-order valence-electron chi connectivity index (χ4n) is 2.44. The monoisotopic (exact) mass is 274 g/mol. The molecule has 8 heteroatoms. The summed E-state index contributed by atoms with van der Waals surface area (Å²) in [6, 6.07) is 1.39. The van der Waals surface area contributed by atoms with Crippen molar-refractivity contribution in [3.05, 3.63) is 23.5 Å². The van der Waals surface area contributed by atoms with E-state index in [4.69, 9.17) is 0 Å². The lowest BCUT2D eigenvalue weighted by Gasteiger charge is -2.37. The Morgan fingerprint density at radius 3 is 2.65 bits per heavy atom. The number of fused-ring (bicyclic) bond motifs is 1. The van der Waals surface area contributed by atoms with Crippen LogP contribution in [0.2, 0.25) is 0 Å². The van der Waals surface area contributed by atoms with Gasteiger partial charge in [-0.05, 0) is 19.4 Å². The van der Waals surface area contributed by atoms with E-state index in [1.807, 2.05) is 0 Å². The average molecular weight is 274 g/mol. The topological polar surface area (TPSA) is 109 Å². The van der Waals surface area contributed by atoms with Crippen LogP contribution in [-0.2, 0) is 9.59 Å². The molecule has 0 spiro atoms. The van der Waals surface area contributed by atoms with E-state index < -0.39 is 29.2 Å². The van der Waals surface area contributed by atoms with Gasteiger partial charge >= 0.3 is 0 Å². The molecule has 4 amide bonds. The fraction of sp³-hybridized carbons (Fsp3) is 0.333. The lowest BCUT2D eigenvalue weighted by molar-refractivity contribution is -0.140. The van der Waals surface area contributed by atoms with Crippen LogP contribution in [-0.4, -0.2) is 44.3 Å². The Hall–Kier alpha value is -2.64. The Morgan fingerprint density at radius 1 is 1.25 bits per heavy atom. The van der Waals surface area contributed by atoms with Crippen molar-refractivity contribution in [1.82, 2.24) is 20.4 Å². The highest BCUT2D eigenvalue weighted by Gasteiger charge is 2.53. The standard InChI is InChI=1S/C12H10N4O4/c1-12(4-2-7(17)14-11(12)20)16-9(18)6-3-5-13-15-8(6)10(16)19/h3,5H,2,4H2,1H3,(H,14,17,20). The molecule has 2 aliphatic heterocycles. The van der Waals surface area contributed by atoms with Gasteiger partial charge in [0.05, 0.1) is 11.8 Å². The van der Waals surface area contributed by atoms with E-state index in [0.717, 1.165) is 4.90 Å². The first kappa shape index (κ1) is 12.4. The maximum absolute atomic E-state index is 12.3. The van der Waals surface area contributed by atoms with Crippen LogP contribution in [0.25, 0.3) is 0 Å². The highest BCUT2D eigenvalue weighted by atomic mass is 16.2. The van der Waals surface area contributed by atoms with Crippen LogP contribution in [0.15, 0.2) is 12.3 Å². The van der Waals surface area contributed by atoms with Gasteiger partial charge in [-0.3, -0.25) is 29.4 Å². The van der Waals surface area contributed by atoms with Crippen LogP contribution in [0, 0.1) is 0 Å². The summed E-state index contributed by atoms with van der Waals surface area (Å²) in [5, 5.41) is 9.37. The maximum atomic E-state index is 12.3. The molecule has 20 heavy (non-hydrogen) atoms. The first-order chi connectivity index (χ1) is 9.45. The number of amides is 4. The number of hydrogen-bond donors (Lipinski definition) is 1. The van der Waals surface area contributed by atoms with E-state index in [-0.39, 0.29) is 24.1 Å². The lowest BCUT2D eigenvalue weighted by atomic mass is 9.89. The highest BCUT2D eigenvalue weighted by Crippen LogP contribution is 2.32. The molecule has 1 fully saturated rings. The molecule has 1 unspecified atom stereocenters. The van der Waals surface area contributed by atoms with Crippen molar-refractivity contribution in [3.63, 3.8) is 0 Å². The molecule has 3 heterocycles. The van der Waals surface area contributed by atoms with Gasteiger partial charge < -0.3 is 0 Å². The number of piperidine rings is 1. The minimum Gasteiger partial charge on any atom is -0.294 e. The van der Waals surface area contributed by atoms with Crippen molar-refractivity contribution in [2.75, 3.05) is 0 Å². The summed E-state index contributed by atoms with van der Waals surface area (Å²) in [5.41, 5.74) is -1.33. The molecular formula is C12H10N4O4. The molecule has 2 aliphatic rings. The second-order valence-corrected chi connectivity index (χ2v) is 4.89. The SMILES string of the molecule is CC1(N2C(=O)c3ccnnc3C2=O)CCC(=O)NC1=O. The van der Waals surface area contributed by atoms with Gasteiger partial charge in [0.1, 0.15) is 5.54 Å². The molecule has 0 aromatic carbocycles. The van der Waals surface area contributed by atoms with E-state index in [1.54, 1.807) is 0 Å². The summed E-state index contributed by atoms with van der Waals surface area (Å²) in [6.07, 6.45) is 1.47. The third kappa shape index (κ3) is 1.47. The van der Waals surface area contributed by atoms with Crippen LogP contribution >= 0.6 is 0 Å². The number of rotatable bonds is 1. The van der Waals surface area contributed by atoms with Crippen molar-refractivity contribution in [2.24, 2.45) is 0 Å². The van der Waals surface area contributed by atoms with E-state index in [2.05, 4.69) is 15.5 Å². The van der Waals surface area contributed by atoms with Gasteiger partial charge in [-0.1, -0.05) is 0 Å². The van der Waals surface area contributed by atoms with Crippen molar-refractivity contribution >= 4 is 23.6 Å². The summed E-state index contributed by atoms with van der Waals surface area (Å²) >= 11 is 0. The quantitative estimate of drug-likeness (QED) is 0.676. The summed E-state index contributed by atoms with van der Waals surface area (Å²) < 4.78 is 0. The molecule has 1 N–H and O–H groups in total. The molecule has 0 aliphatic carbocycles. The van der Waals surface area contributed by atoms with Gasteiger partial charge in [-0.15, -0.1) is 5.10 Å². The average Bonchev–Trinajstić information content (AvgIpc) is 2.68. The largest absolute Gasteiger partial charge is 0.294 e. The predicted octanol–water partition coefficient (Wildman–Crippen LogP) is -0.732. The molecule has 0 bridgehead atoms. The minimum absolute atomic E-state index is 0.0663. The van der Waals surface area contributed by atoms with Crippen LogP contribution in [0.4, 0.5) is 0 Å². The number of hydrogen-bond acceptors (Lipinski definition) is 6. The number of nitrogens with zero attached hydrogens (tertiary/aromatic N) is 3. The first-order valence-corrected chi connectivity index (χ1v) is 6.00. The number of nitrogens with one attached hydrogen (secondary N) is 1.